The Morgan fingerprint density at radius 3 is 2.50 bits per heavy atom. The summed E-state index contributed by atoms with van der Waals surface area (Å²) in [6, 6.07) is 5.37. The Labute approximate surface area is 198 Å². The molecule has 1 aromatic carbocycles. The van der Waals surface area contributed by atoms with E-state index in [0.717, 1.165) is 6.54 Å². The molecule has 30 heavy (non-hydrogen) atoms. The van der Waals surface area contributed by atoms with Gasteiger partial charge in [0.25, 0.3) is 0 Å². The molecule has 0 heterocycles. The van der Waals surface area contributed by atoms with E-state index in [2.05, 4.69) is 15.6 Å². The number of guanidine groups is 1. The molecule has 1 fully saturated rings. The van der Waals surface area contributed by atoms with Crippen LogP contribution >= 0.6 is 24.0 Å². The quantitative estimate of drug-likeness (QED) is 0.140. The molecule has 3 N–H and O–H groups in total. The predicted octanol–water partition coefficient (Wildman–Crippen LogP) is 3.65. The van der Waals surface area contributed by atoms with Crippen LogP contribution in [0, 0.1) is 0 Å². The van der Waals surface area contributed by atoms with Crippen LogP contribution in [0.1, 0.15) is 57.1 Å². The lowest BCUT2D eigenvalue weighted by atomic mass is 10.1. The maximum atomic E-state index is 10.6. The zero-order chi connectivity index (χ0) is 20.9. The fourth-order valence-electron chi connectivity index (χ4n) is 3.52. The largest absolute Gasteiger partial charge is 0.497 e. The van der Waals surface area contributed by atoms with Crippen LogP contribution in [-0.4, -0.2) is 57.6 Å². The molecule has 1 saturated carbocycles. The monoisotopic (exact) mass is 535 g/mol. The van der Waals surface area contributed by atoms with Crippen molar-refractivity contribution in [2.45, 2.75) is 57.7 Å². The van der Waals surface area contributed by atoms with Crippen LogP contribution in [0.4, 0.5) is 0 Å². The molecule has 0 aliphatic heterocycles. The lowest BCUT2D eigenvalue weighted by Crippen LogP contribution is -2.39. The van der Waals surface area contributed by atoms with E-state index >= 15 is 0 Å². The molecule has 1 atom stereocenters. The van der Waals surface area contributed by atoms with Gasteiger partial charge in [-0.3, -0.25) is 4.99 Å². The first-order chi connectivity index (χ1) is 14.2. The highest BCUT2D eigenvalue weighted by atomic mass is 127. The number of methoxy groups -OCH3 is 2. The number of halogens is 1. The van der Waals surface area contributed by atoms with E-state index < -0.39 is 6.10 Å². The van der Waals surface area contributed by atoms with Crippen LogP contribution in [0.3, 0.4) is 0 Å². The zero-order valence-corrected chi connectivity index (χ0v) is 20.8. The molecule has 0 aromatic heterocycles. The molecule has 0 spiro atoms. The summed E-state index contributed by atoms with van der Waals surface area (Å²) in [6.07, 6.45) is 7.14. The van der Waals surface area contributed by atoms with Crippen LogP contribution in [-0.2, 0) is 4.74 Å². The van der Waals surface area contributed by atoms with Gasteiger partial charge in [0.1, 0.15) is 17.6 Å². The van der Waals surface area contributed by atoms with Crippen molar-refractivity contribution in [1.29, 1.82) is 0 Å². The number of benzene rings is 1. The van der Waals surface area contributed by atoms with Crippen LogP contribution < -0.4 is 20.1 Å². The second-order valence-electron chi connectivity index (χ2n) is 7.25. The van der Waals surface area contributed by atoms with Crippen LogP contribution in [0.25, 0.3) is 0 Å². The minimum atomic E-state index is -0.794. The standard InChI is InChI=1S/C22H37N3O4.HI/c1-4-23-22(24-13-14-29-17-9-7-5-6-8-10-17)25-16-20(26)19-15-18(27-2)11-12-21(19)28-3;/h11-12,15,17,20,26H,4-10,13-14,16H2,1-3H3,(H2,23,24,25);1H. The molecule has 0 radical (unpaired) electrons. The Morgan fingerprint density at radius 1 is 1.13 bits per heavy atom. The van der Waals surface area contributed by atoms with Crippen molar-refractivity contribution in [2.24, 2.45) is 4.99 Å². The lowest BCUT2D eigenvalue weighted by molar-refractivity contribution is 0.0468. The van der Waals surface area contributed by atoms with Crippen molar-refractivity contribution in [3.63, 3.8) is 0 Å². The minimum Gasteiger partial charge on any atom is -0.497 e. The Morgan fingerprint density at radius 2 is 1.87 bits per heavy atom. The van der Waals surface area contributed by atoms with Gasteiger partial charge in [-0.1, -0.05) is 25.7 Å². The number of nitrogens with one attached hydrogen (secondary N) is 2. The number of aliphatic hydroxyl groups excluding tert-OH is 1. The fraction of sp³-hybridized carbons (Fsp3) is 0.682. The molecule has 0 amide bonds. The number of hydrogen-bond acceptors (Lipinski definition) is 5. The smallest absolute Gasteiger partial charge is 0.191 e. The normalized spacial score (nSPS) is 16.2. The van der Waals surface area contributed by atoms with E-state index in [-0.39, 0.29) is 30.5 Å². The minimum absolute atomic E-state index is 0. The molecule has 1 aliphatic rings. The van der Waals surface area contributed by atoms with Gasteiger partial charge in [0, 0.05) is 18.7 Å². The Balaban J connectivity index is 0.00000450. The fourth-order valence-corrected chi connectivity index (χ4v) is 3.52. The second-order valence-corrected chi connectivity index (χ2v) is 7.25. The molecule has 172 valence electrons. The first-order valence-electron chi connectivity index (χ1n) is 10.7. The summed E-state index contributed by atoms with van der Waals surface area (Å²) in [5, 5.41) is 17.1. The summed E-state index contributed by atoms with van der Waals surface area (Å²) in [5.41, 5.74) is 0.656. The molecule has 2 rings (SSSR count). The third-order valence-electron chi connectivity index (χ3n) is 5.11. The van der Waals surface area contributed by atoms with E-state index in [9.17, 15) is 5.11 Å². The highest BCUT2D eigenvalue weighted by molar-refractivity contribution is 14.0. The van der Waals surface area contributed by atoms with Crippen molar-refractivity contribution < 1.29 is 19.3 Å². The van der Waals surface area contributed by atoms with E-state index in [4.69, 9.17) is 14.2 Å². The van der Waals surface area contributed by atoms with Gasteiger partial charge in [-0.25, -0.2) is 0 Å². The molecule has 1 aliphatic carbocycles. The zero-order valence-electron chi connectivity index (χ0n) is 18.5. The molecular formula is C22H38IN3O4. The number of nitrogens with zero attached hydrogens (tertiary/aromatic N) is 1. The van der Waals surface area contributed by atoms with Crippen molar-refractivity contribution in [1.82, 2.24) is 10.6 Å². The van der Waals surface area contributed by atoms with Gasteiger partial charge in [0.2, 0.25) is 0 Å². The van der Waals surface area contributed by atoms with Gasteiger partial charge in [-0.05, 0) is 38.0 Å². The average Bonchev–Trinajstić information content (AvgIpc) is 3.03. The summed E-state index contributed by atoms with van der Waals surface area (Å²) in [4.78, 5) is 4.51. The number of aliphatic hydroxyl groups is 1. The van der Waals surface area contributed by atoms with Gasteiger partial charge in [-0.15, -0.1) is 24.0 Å². The second kappa shape index (κ2) is 15.5. The van der Waals surface area contributed by atoms with Gasteiger partial charge in [0.05, 0.1) is 33.5 Å². The van der Waals surface area contributed by atoms with Crippen LogP contribution in [0.5, 0.6) is 11.5 Å². The van der Waals surface area contributed by atoms with Crippen LogP contribution in [0.2, 0.25) is 0 Å². The molecule has 1 aromatic rings. The Hall–Kier alpha value is -1.26. The summed E-state index contributed by atoms with van der Waals surface area (Å²) in [7, 11) is 3.18. The number of ether oxygens (including phenoxy) is 3. The maximum absolute atomic E-state index is 10.6. The van der Waals surface area contributed by atoms with Gasteiger partial charge < -0.3 is 30.0 Å². The van der Waals surface area contributed by atoms with E-state index in [1.807, 2.05) is 6.92 Å². The summed E-state index contributed by atoms with van der Waals surface area (Å²) in [6.45, 7) is 4.30. The first-order valence-corrected chi connectivity index (χ1v) is 10.7. The van der Waals surface area contributed by atoms with E-state index in [1.165, 1.54) is 38.5 Å². The SMILES string of the molecule is CCNC(=NCC(O)c1cc(OC)ccc1OC)NCCOC1CCCCCC1.I. The average molecular weight is 535 g/mol. The summed E-state index contributed by atoms with van der Waals surface area (Å²) >= 11 is 0. The molecule has 1 unspecified atom stereocenters. The van der Waals surface area contributed by atoms with Gasteiger partial charge in [0.15, 0.2) is 5.96 Å². The predicted molar refractivity (Wildman–Crippen MR) is 131 cm³/mol. The van der Waals surface area contributed by atoms with Crippen molar-refractivity contribution in [3.05, 3.63) is 23.8 Å². The highest BCUT2D eigenvalue weighted by Gasteiger charge is 2.15. The molecule has 0 bridgehead atoms. The number of hydrogen-bond donors (Lipinski definition) is 3. The lowest BCUT2D eigenvalue weighted by Gasteiger charge is -2.18. The number of rotatable bonds is 10. The van der Waals surface area contributed by atoms with E-state index in [0.29, 0.717) is 42.3 Å². The van der Waals surface area contributed by atoms with Gasteiger partial charge in [-0.2, -0.15) is 0 Å². The molecule has 0 saturated heterocycles. The first kappa shape index (κ1) is 26.8. The Bertz CT molecular complexity index is 622. The van der Waals surface area contributed by atoms with E-state index in [1.54, 1.807) is 32.4 Å². The number of aliphatic imine (C=N–C) groups is 1. The van der Waals surface area contributed by atoms with Gasteiger partial charge >= 0.3 is 0 Å². The van der Waals surface area contributed by atoms with Crippen molar-refractivity contribution in [3.8, 4) is 11.5 Å². The van der Waals surface area contributed by atoms with Crippen molar-refractivity contribution in [2.75, 3.05) is 40.5 Å². The highest BCUT2D eigenvalue weighted by Crippen LogP contribution is 2.29. The summed E-state index contributed by atoms with van der Waals surface area (Å²) in [5.74, 6) is 1.95. The maximum Gasteiger partial charge on any atom is 0.191 e. The third kappa shape index (κ3) is 9.26. The molecular weight excluding hydrogens is 497 g/mol. The summed E-state index contributed by atoms with van der Waals surface area (Å²) < 4.78 is 16.6. The Kier molecular flexibility index (Phi) is 13.9. The molecule has 7 nitrogen and oxygen atoms in total. The molecule has 8 heteroatoms. The topological polar surface area (TPSA) is 84.3 Å². The van der Waals surface area contributed by atoms with Crippen molar-refractivity contribution >= 4 is 29.9 Å². The third-order valence-corrected chi connectivity index (χ3v) is 5.11. The van der Waals surface area contributed by atoms with Crippen LogP contribution in [0.15, 0.2) is 23.2 Å².